The molecule has 0 aliphatic carbocycles. The number of hydrogen-bond donors (Lipinski definition) is 1. The molecule has 2 aromatic heterocycles. The molecule has 0 bridgehead atoms. The largest absolute Gasteiger partial charge is 0.368 e. The fraction of sp³-hybridized carbons (Fsp3) is 0.312. The maximum absolute atomic E-state index is 14.2. The van der Waals surface area contributed by atoms with Crippen molar-refractivity contribution in [2.24, 2.45) is 0 Å². The van der Waals surface area contributed by atoms with Gasteiger partial charge in [0.15, 0.2) is 11.5 Å². The van der Waals surface area contributed by atoms with E-state index in [-0.39, 0.29) is 10.8 Å². The minimum Gasteiger partial charge on any atom is -0.368 e. The predicted octanol–water partition coefficient (Wildman–Crippen LogP) is 3.61. The Morgan fingerprint density at radius 1 is 1.22 bits per heavy atom. The van der Waals surface area contributed by atoms with Crippen LogP contribution in [0, 0.1) is 12.7 Å². The van der Waals surface area contributed by atoms with Crippen LogP contribution in [0.2, 0.25) is 5.02 Å². The van der Waals surface area contributed by atoms with Gasteiger partial charge < -0.3 is 5.32 Å². The fourth-order valence-electron chi connectivity index (χ4n) is 2.42. The second kappa shape index (κ2) is 5.77. The van der Waals surface area contributed by atoms with E-state index in [9.17, 15) is 4.39 Å². The summed E-state index contributed by atoms with van der Waals surface area (Å²) < 4.78 is 15.9. The normalized spacial score (nSPS) is 11.9. The number of fused-ring (bicyclic) bond motifs is 1. The first-order valence-electron chi connectivity index (χ1n) is 7.26. The molecule has 0 fully saturated rings. The number of aromatic nitrogens is 4. The summed E-state index contributed by atoms with van der Waals surface area (Å²) in [5.74, 6) is 1.01. The second-order valence-electron chi connectivity index (χ2n) is 6.07. The summed E-state index contributed by atoms with van der Waals surface area (Å²) in [5.41, 5.74) is 0.806. The van der Waals surface area contributed by atoms with Gasteiger partial charge in [-0.15, -0.1) is 15.3 Å². The van der Waals surface area contributed by atoms with Crippen molar-refractivity contribution in [3.8, 4) is 0 Å². The van der Waals surface area contributed by atoms with Crippen molar-refractivity contribution in [1.82, 2.24) is 19.8 Å². The Labute approximate surface area is 138 Å². The van der Waals surface area contributed by atoms with Gasteiger partial charge in [0.25, 0.3) is 0 Å². The molecule has 0 aliphatic rings. The molecular weight excluding hydrogens is 317 g/mol. The van der Waals surface area contributed by atoms with Gasteiger partial charge in [0.2, 0.25) is 0 Å². The summed E-state index contributed by atoms with van der Waals surface area (Å²) in [7, 11) is 0. The number of rotatable bonds is 4. The Morgan fingerprint density at radius 2 is 2.00 bits per heavy atom. The lowest BCUT2D eigenvalue weighted by molar-refractivity contribution is 0.504. The Kier molecular flexibility index (Phi) is 3.93. The minimum absolute atomic E-state index is 0.134. The van der Waals surface area contributed by atoms with Crippen molar-refractivity contribution in [2.75, 3.05) is 11.9 Å². The molecule has 0 radical (unpaired) electrons. The van der Waals surface area contributed by atoms with E-state index in [1.54, 1.807) is 22.7 Å². The molecule has 0 spiro atoms. The Balaban J connectivity index is 1.82. The van der Waals surface area contributed by atoms with Crippen molar-refractivity contribution in [3.05, 3.63) is 52.6 Å². The Morgan fingerprint density at radius 3 is 2.78 bits per heavy atom. The third-order valence-electron chi connectivity index (χ3n) is 3.81. The Hall–Kier alpha value is -2.21. The highest BCUT2D eigenvalue weighted by atomic mass is 35.5. The van der Waals surface area contributed by atoms with Gasteiger partial charge in [-0.25, -0.2) is 4.39 Å². The third-order valence-corrected chi connectivity index (χ3v) is 4.10. The van der Waals surface area contributed by atoms with Gasteiger partial charge in [-0.2, -0.15) is 4.52 Å². The highest BCUT2D eigenvalue weighted by Crippen LogP contribution is 2.29. The zero-order chi connectivity index (χ0) is 16.6. The molecule has 0 unspecified atom stereocenters. The van der Waals surface area contributed by atoms with Gasteiger partial charge >= 0.3 is 0 Å². The quantitative estimate of drug-likeness (QED) is 0.792. The molecule has 3 rings (SSSR count). The van der Waals surface area contributed by atoms with E-state index in [1.165, 1.54) is 0 Å². The molecule has 3 aromatic rings. The van der Waals surface area contributed by atoms with E-state index in [2.05, 4.69) is 20.6 Å². The highest BCUT2D eigenvalue weighted by Gasteiger charge is 2.25. The molecule has 0 atom stereocenters. The van der Waals surface area contributed by atoms with Gasteiger partial charge in [0.1, 0.15) is 11.6 Å². The molecule has 23 heavy (non-hydrogen) atoms. The number of aryl methyl sites for hydroxylation is 1. The first-order chi connectivity index (χ1) is 10.9. The molecule has 2 heterocycles. The highest BCUT2D eigenvalue weighted by molar-refractivity contribution is 6.30. The van der Waals surface area contributed by atoms with Gasteiger partial charge in [-0.05, 0) is 30.7 Å². The van der Waals surface area contributed by atoms with Crippen LogP contribution in [0.25, 0.3) is 5.65 Å². The number of anilines is 1. The zero-order valence-electron chi connectivity index (χ0n) is 13.1. The van der Waals surface area contributed by atoms with Gasteiger partial charge in [0.05, 0.1) is 5.02 Å². The number of benzene rings is 1. The van der Waals surface area contributed by atoms with Crippen molar-refractivity contribution in [1.29, 1.82) is 0 Å². The van der Waals surface area contributed by atoms with Crippen LogP contribution in [0.3, 0.4) is 0 Å². The minimum atomic E-state index is -0.451. The Bertz CT molecular complexity index is 859. The molecule has 7 heteroatoms. The maximum atomic E-state index is 14.2. The van der Waals surface area contributed by atoms with Crippen molar-refractivity contribution >= 4 is 23.1 Å². The summed E-state index contributed by atoms with van der Waals surface area (Å²) in [6, 6.07) is 8.72. The molecule has 0 amide bonds. The molecule has 0 saturated carbocycles. The van der Waals surface area contributed by atoms with E-state index in [0.29, 0.717) is 29.4 Å². The lowest BCUT2D eigenvalue weighted by Crippen LogP contribution is -2.29. The van der Waals surface area contributed by atoms with E-state index in [4.69, 9.17) is 11.6 Å². The van der Waals surface area contributed by atoms with Crippen LogP contribution >= 0.6 is 11.6 Å². The standard InChI is InChI=1S/C16H17ClFN5/c1-10-20-21-14-8-7-13(22-23(10)14)19-9-16(2,3)11-5-4-6-12(17)15(11)18/h4-8H,9H2,1-3H3,(H,19,22). The molecule has 1 aromatic carbocycles. The van der Waals surface area contributed by atoms with Crippen LogP contribution in [0.4, 0.5) is 10.2 Å². The van der Waals surface area contributed by atoms with E-state index in [0.717, 1.165) is 0 Å². The van der Waals surface area contributed by atoms with Crippen LogP contribution < -0.4 is 5.32 Å². The summed E-state index contributed by atoms with van der Waals surface area (Å²) in [6.45, 7) is 6.25. The average Bonchev–Trinajstić information content (AvgIpc) is 2.89. The maximum Gasteiger partial charge on any atom is 0.178 e. The summed E-state index contributed by atoms with van der Waals surface area (Å²) >= 11 is 5.88. The van der Waals surface area contributed by atoms with Crippen LogP contribution in [0.5, 0.6) is 0 Å². The number of hydrogen-bond acceptors (Lipinski definition) is 4. The van der Waals surface area contributed by atoms with Crippen molar-refractivity contribution in [3.63, 3.8) is 0 Å². The lowest BCUT2D eigenvalue weighted by atomic mass is 9.84. The molecule has 5 nitrogen and oxygen atoms in total. The van der Waals surface area contributed by atoms with E-state index < -0.39 is 5.41 Å². The monoisotopic (exact) mass is 333 g/mol. The fourth-order valence-corrected chi connectivity index (χ4v) is 2.60. The van der Waals surface area contributed by atoms with Gasteiger partial charge in [0, 0.05) is 12.0 Å². The SMILES string of the molecule is Cc1nnc2ccc(NCC(C)(C)c3cccc(Cl)c3F)nn12. The lowest BCUT2D eigenvalue weighted by Gasteiger charge is -2.26. The summed E-state index contributed by atoms with van der Waals surface area (Å²) in [6.07, 6.45) is 0. The first kappa shape index (κ1) is 15.7. The predicted molar refractivity (Wildman–Crippen MR) is 88.4 cm³/mol. The molecule has 120 valence electrons. The van der Waals surface area contributed by atoms with Crippen LogP contribution in [0.1, 0.15) is 25.2 Å². The first-order valence-corrected chi connectivity index (χ1v) is 7.64. The van der Waals surface area contributed by atoms with Crippen LogP contribution in [0.15, 0.2) is 30.3 Å². The van der Waals surface area contributed by atoms with E-state index >= 15 is 0 Å². The second-order valence-corrected chi connectivity index (χ2v) is 6.48. The molecule has 0 saturated heterocycles. The topological polar surface area (TPSA) is 55.1 Å². The smallest absolute Gasteiger partial charge is 0.178 e. The summed E-state index contributed by atoms with van der Waals surface area (Å²) in [5, 5.41) is 15.8. The number of nitrogens with zero attached hydrogens (tertiary/aromatic N) is 4. The average molecular weight is 334 g/mol. The van der Waals surface area contributed by atoms with Crippen LogP contribution in [-0.4, -0.2) is 26.4 Å². The van der Waals surface area contributed by atoms with Gasteiger partial charge in [-0.3, -0.25) is 0 Å². The van der Waals surface area contributed by atoms with Gasteiger partial charge in [-0.1, -0.05) is 37.6 Å². The molecule has 0 aliphatic heterocycles. The van der Waals surface area contributed by atoms with E-state index in [1.807, 2.05) is 32.9 Å². The van der Waals surface area contributed by atoms with Crippen molar-refractivity contribution in [2.45, 2.75) is 26.2 Å². The number of nitrogens with one attached hydrogen (secondary N) is 1. The summed E-state index contributed by atoms with van der Waals surface area (Å²) in [4.78, 5) is 0. The zero-order valence-corrected chi connectivity index (χ0v) is 13.9. The third kappa shape index (κ3) is 2.99. The number of halogens is 2. The molecular formula is C16H17ClFN5. The van der Waals surface area contributed by atoms with Crippen LogP contribution in [-0.2, 0) is 5.41 Å². The molecule has 1 N–H and O–H groups in total. The van der Waals surface area contributed by atoms with Crippen molar-refractivity contribution < 1.29 is 4.39 Å².